The van der Waals surface area contributed by atoms with E-state index in [0.29, 0.717) is 0 Å². The summed E-state index contributed by atoms with van der Waals surface area (Å²) < 4.78 is 0. The van der Waals surface area contributed by atoms with Crippen molar-refractivity contribution >= 4 is 0 Å². The van der Waals surface area contributed by atoms with Crippen LogP contribution in [0.3, 0.4) is 0 Å². The van der Waals surface area contributed by atoms with Crippen molar-refractivity contribution in [1.29, 1.82) is 0 Å². The molecule has 0 nitrogen and oxygen atoms in total. The van der Waals surface area contributed by atoms with Crippen LogP contribution in [0.1, 0.15) is 99.3 Å². The van der Waals surface area contributed by atoms with E-state index in [1.807, 2.05) is 0 Å². The first-order valence-electron chi connectivity index (χ1n) is 9.73. The lowest BCUT2D eigenvalue weighted by atomic mass is 9.74. The molecule has 126 valence electrons. The number of allylic oxidation sites excluding steroid dienone is 2. The van der Waals surface area contributed by atoms with Crippen LogP contribution in [0.25, 0.3) is 0 Å². The van der Waals surface area contributed by atoms with Crippen LogP contribution in [0.5, 0.6) is 0 Å². The maximum atomic E-state index is 2.45. The molecular weight excluding hydrogens is 252 g/mol. The molecule has 0 saturated carbocycles. The monoisotopic (exact) mass is 294 g/mol. The van der Waals surface area contributed by atoms with Crippen LogP contribution in [0, 0.1) is 23.7 Å². The number of hydrogen-bond donors (Lipinski definition) is 0. The zero-order chi connectivity index (χ0) is 16.1. The third kappa shape index (κ3) is 9.38. The largest absolute Gasteiger partial charge is 0.0914 e. The zero-order valence-corrected chi connectivity index (χ0v) is 15.8. The van der Waals surface area contributed by atoms with Gasteiger partial charge in [-0.05, 0) is 43.4 Å². The lowest BCUT2D eigenvalue weighted by Crippen LogP contribution is -2.22. The van der Waals surface area contributed by atoms with Gasteiger partial charge in [-0.15, -0.1) is 0 Å². The summed E-state index contributed by atoms with van der Waals surface area (Å²) in [5.41, 5.74) is 0. The minimum absolute atomic E-state index is 0.750. The van der Waals surface area contributed by atoms with E-state index in [1.54, 1.807) is 0 Å². The fraction of sp³-hybridized carbons (Fsp3) is 0.905. The van der Waals surface area contributed by atoms with Crippen LogP contribution in [-0.4, -0.2) is 0 Å². The van der Waals surface area contributed by atoms with Crippen LogP contribution in [0.4, 0.5) is 0 Å². The highest BCUT2D eigenvalue weighted by Gasteiger charge is 2.24. The van der Waals surface area contributed by atoms with E-state index >= 15 is 0 Å². The Morgan fingerprint density at radius 1 is 0.762 bits per heavy atom. The van der Waals surface area contributed by atoms with Crippen LogP contribution >= 0.6 is 0 Å². The van der Waals surface area contributed by atoms with Gasteiger partial charge in [0.15, 0.2) is 0 Å². The average Bonchev–Trinajstić information content (AvgIpc) is 2.45. The van der Waals surface area contributed by atoms with E-state index in [4.69, 9.17) is 0 Å². The van der Waals surface area contributed by atoms with Crippen molar-refractivity contribution in [3.63, 3.8) is 0 Å². The summed E-state index contributed by atoms with van der Waals surface area (Å²) in [4.78, 5) is 0. The molecule has 0 aliphatic carbocycles. The smallest absolute Gasteiger partial charge is 0.0231 e. The van der Waals surface area contributed by atoms with Gasteiger partial charge >= 0.3 is 0 Å². The fourth-order valence-corrected chi connectivity index (χ4v) is 3.89. The van der Waals surface area contributed by atoms with E-state index in [9.17, 15) is 0 Å². The molecule has 0 N–H and O–H groups in total. The van der Waals surface area contributed by atoms with Gasteiger partial charge in [0.05, 0.1) is 0 Å². The molecule has 0 spiro atoms. The topological polar surface area (TPSA) is 0 Å². The second-order valence-electron chi connectivity index (χ2n) is 7.21. The van der Waals surface area contributed by atoms with Crippen LogP contribution < -0.4 is 0 Å². The zero-order valence-electron chi connectivity index (χ0n) is 15.8. The molecule has 0 aliphatic heterocycles. The average molecular weight is 295 g/mol. The molecule has 0 heterocycles. The molecule has 0 aromatic heterocycles. The quantitative estimate of drug-likeness (QED) is 0.306. The molecular formula is C21H42. The van der Waals surface area contributed by atoms with Crippen molar-refractivity contribution in [2.45, 2.75) is 99.3 Å². The summed E-state index contributed by atoms with van der Waals surface area (Å²) in [6, 6.07) is 0. The normalized spacial score (nSPS) is 17.8. The number of hydrogen-bond acceptors (Lipinski definition) is 0. The van der Waals surface area contributed by atoms with Crippen LogP contribution in [-0.2, 0) is 0 Å². The summed E-state index contributed by atoms with van der Waals surface area (Å²) in [6.45, 7) is 14.1. The maximum Gasteiger partial charge on any atom is -0.0231 e. The standard InChI is InChI=1S/C21H42/c1-7-11-15-21(19(6)13-9-3)20(14-10-4)17-16-18(5)12-8-2/h9,13,18-21H,7-8,10-12,14-17H2,1-6H3. The van der Waals surface area contributed by atoms with Gasteiger partial charge in [0.25, 0.3) is 0 Å². The van der Waals surface area contributed by atoms with E-state index in [2.05, 4.69) is 53.7 Å². The fourth-order valence-electron chi connectivity index (χ4n) is 3.89. The van der Waals surface area contributed by atoms with Crippen molar-refractivity contribution < 1.29 is 0 Å². The predicted molar refractivity (Wildman–Crippen MR) is 98.7 cm³/mol. The van der Waals surface area contributed by atoms with Crippen molar-refractivity contribution in [1.82, 2.24) is 0 Å². The molecule has 0 heteroatoms. The Morgan fingerprint density at radius 3 is 1.95 bits per heavy atom. The summed E-state index contributed by atoms with van der Waals surface area (Å²) in [5, 5.41) is 0. The third-order valence-electron chi connectivity index (χ3n) is 5.14. The minimum Gasteiger partial charge on any atom is -0.0914 e. The van der Waals surface area contributed by atoms with Gasteiger partial charge in [0.1, 0.15) is 0 Å². The van der Waals surface area contributed by atoms with Gasteiger partial charge in [-0.2, -0.15) is 0 Å². The van der Waals surface area contributed by atoms with Gasteiger partial charge in [-0.3, -0.25) is 0 Å². The van der Waals surface area contributed by atoms with E-state index in [0.717, 1.165) is 23.7 Å². The lowest BCUT2D eigenvalue weighted by Gasteiger charge is -2.31. The van der Waals surface area contributed by atoms with Gasteiger partial charge in [-0.25, -0.2) is 0 Å². The Morgan fingerprint density at radius 2 is 1.43 bits per heavy atom. The highest BCUT2D eigenvalue weighted by molar-refractivity contribution is 4.89. The Labute approximate surface area is 135 Å². The van der Waals surface area contributed by atoms with Gasteiger partial charge in [0.2, 0.25) is 0 Å². The molecule has 0 rings (SSSR count). The Kier molecular flexibility index (Phi) is 13.2. The molecule has 4 unspecified atom stereocenters. The van der Waals surface area contributed by atoms with Gasteiger partial charge < -0.3 is 0 Å². The van der Waals surface area contributed by atoms with E-state index < -0.39 is 0 Å². The number of unbranched alkanes of at least 4 members (excludes halogenated alkanes) is 1. The Bertz CT molecular complexity index is 240. The number of rotatable bonds is 13. The molecule has 0 radical (unpaired) electrons. The lowest BCUT2D eigenvalue weighted by molar-refractivity contribution is 0.210. The molecule has 0 aromatic carbocycles. The first-order valence-corrected chi connectivity index (χ1v) is 9.73. The molecule has 0 aliphatic rings. The highest BCUT2D eigenvalue weighted by atomic mass is 14.3. The first kappa shape index (κ1) is 20.7. The Hall–Kier alpha value is -0.260. The molecule has 0 saturated heterocycles. The summed E-state index contributed by atoms with van der Waals surface area (Å²) in [6.07, 6.45) is 17.3. The van der Waals surface area contributed by atoms with Crippen molar-refractivity contribution in [3.05, 3.63) is 12.2 Å². The van der Waals surface area contributed by atoms with Crippen molar-refractivity contribution in [3.8, 4) is 0 Å². The second kappa shape index (κ2) is 13.4. The molecule has 0 fully saturated rings. The Balaban J connectivity index is 4.69. The van der Waals surface area contributed by atoms with Gasteiger partial charge in [0, 0.05) is 0 Å². The van der Waals surface area contributed by atoms with Gasteiger partial charge in [-0.1, -0.05) is 91.7 Å². The summed E-state index contributed by atoms with van der Waals surface area (Å²) in [7, 11) is 0. The van der Waals surface area contributed by atoms with E-state index in [-0.39, 0.29) is 0 Å². The highest BCUT2D eigenvalue weighted by Crippen LogP contribution is 2.35. The van der Waals surface area contributed by atoms with Crippen molar-refractivity contribution in [2.75, 3.05) is 0 Å². The predicted octanol–water partition coefficient (Wildman–Crippen LogP) is 7.64. The molecule has 21 heavy (non-hydrogen) atoms. The third-order valence-corrected chi connectivity index (χ3v) is 5.14. The maximum absolute atomic E-state index is 2.45. The van der Waals surface area contributed by atoms with E-state index in [1.165, 1.54) is 57.8 Å². The molecule has 0 aromatic rings. The minimum atomic E-state index is 0.750. The summed E-state index contributed by atoms with van der Waals surface area (Å²) in [5.74, 6) is 3.50. The second-order valence-corrected chi connectivity index (χ2v) is 7.21. The van der Waals surface area contributed by atoms with Crippen LogP contribution in [0.15, 0.2) is 12.2 Å². The molecule has 0 bridgehead atoms. The van der Waals surface area contributed by atoms with Crippen molar-refractivity contribution in [2.24, 2.45) is 23.7 Å². The summed E-state index contributed by atoms with van der Waals surface area (Å²) >= 11 is 0. The molecule has 4 atom stereocenters. The molecule has 0 amide bonds. The first-order chi connectivity index (χ1) is 10.1. The van der Waals surface area contributed by atoms with Crippen LogP contribution in [0.2, 0.25) is 0 Å². The SMILES string of the molecule is CC=CC(C)C(CCCC)C(CCC)CCC(C)CCC.